The number of nitrogens with one attached hydrogen (secondary N) is 4. The Morgan fingerprint density at radius 2 is 1.31 bits per heavy atom. The molecule has 0 spiro atoms. The van der Waals surface area contributed by atoms with Crippen molar-refractivity contribution >= 4 is 45.8 Å². The molecule has 6 unspecified atom stereocenters. The Bertz CT molecular complexity index is 2460. The molecule has 3 aliphatic rings. The van der Waals surface area contributed by atoms with E-state index >= 15 is 0 Å². The predicted octanol–water partition coefficient (Wildman–Crippen LogP) is 6.11. The van der Waals surface area contributed by atoms with Gasteiger partial charge in [0, 0.05) is 38.3 Å². The number of likely N-dealkylation sites (tertiary alicyclic amines) is 2. The molecule has 4 amide bonds. The molecule has 2 fully saturated rings. The molecular weight excluding hydrogens is 781 g/mol. The number of rotatable bonds is 12. The van der Waals surface area contributed by atoms with Crippen LogP contribution in [0.3, 0.4) is 0 Å². The minimum absolute atomic E-state index is 0.237. The van der Waals surface area contributed by atoms with Gasteiger partial charge in [-0.25, -0.2) is 19.6 Å². The highest BCUT2D eigenvalue weighted by Gasteiger charge is 2.40. The average molecular weight is 835 g/mol. The number of fused-ring (bicyclic) bond motifs is 4. The van der Waals surface area contributed by atoms with E-state index in [1.54, 1.807) is 23.6 Å². The van der Waals surface area contributed by atoms with Gasteiger partial charge < -0.3 is 49.3 Å². The van der Waals surface area contributed by atoms with E-state index in [0.29, 0.717) is 24.7 Å². The first kappa shape index (κ1) is 41.7. The van der Waals surface area contributed by atoms with Gasteiger partial charge in [-0.05, 0) is 98.6 Å². The zero-order valence-corrected chi connectivity index (χ0v) is 35.5. The van der Waals surface area contributed by atoms with Crippen LogP contribution >= 0.6 is 0 Å². The van der Waals surface area contributed by atoms with Gasteiger partial charge in [-0.15, -0.1) is 0 Å². The van der Waals surface area contributed by atoms with Crippen LogP contribution in [0.5, 0.6) is 0 Å². The van der Waals surface area contributed by atoms with Crippen LogP contribution in [0.25, 0.3) is 44.2 Å². The summed E-state index contributed by atoms with van der Waals surface area (Å²) in [4.78, 5) is 72.4. The SMILES string of the molecule is COC(=O)NC(C(=O)N1CCCC1c1ncc(-c2ccc(-c3ccc4c(ccc5[nH]c(C6CCCN6C(=O)C(NC(=O)OC)C(C)OC)nc54)c3)c3c2CCC3)[nH]1)C(C)OC. The van der Waals surface area contributed by atoms with Gasteiger partial charge in [-0.3, -0.25) is 9.59 Å². The van der Waals surface area contributed by atoms with E-state index in [0.717, 1.165) is 83.6 Å². The summed E-state index contributed by atoms with van der Waals surface area (Å²) < 4.78 is 20.5. The van der Waals surface area contributed by atoms with Crippen molar-refractivity contribution in [3.63, 3.8) is 0 Å². The number of hydrogen-bond acceptors (Lipinski definition) is 10. The van der Waals surface area contributed by atoms with Crippen molar-refractivity contribution in [3.05, 3.63) is 71.4 Å². The van der Waals surface area contributed by atoms with Crippen LogP contribution in [0, 0.1) is 0 Å². The molecule has 4 heterocycles. The number of hydrogen-bond donors (Lipinski definition) is 4. The van der Waals surface area contributed by atoms with Gasteiger partial charge in [-0.2, -0.15) is 0 Å². The van der Waals surface area contributed by atoms with Crippen LogP contribution in [-0.4, -0.2) is 120 Å². The third-order valence-corrected chi connectivity index (χ3v) is 12.8. The van der Waals surface area contributed by atoms with Gasteiger partial charge in [0.25, 0.3) is 0 Å². The molecule has 8 rings (SSSR count). The molecule has 16 heteroatoms. The average Bonchev–Trinajstić information content (AvgIpc) is 4.14. The number of amides is 4. The zero-order valence-electron chi connectivity index (χ0n) is 35.5. The number of methoxy groups -OCH3 is 4. The molecule has 2 aliphatic heterocycles. The molecule has 0 saturated carbocycles. The minimum Gasteiger partial charge on any atom is -0.453 e. The van der Waals surface area contributed by atoms with Gasteiger partial charge >= 0.3 is 12.2 Å². The summed E-state index contributed by atoms with van der Waals surface area (Å²) in [5, 5.41) is 7.38. The summed E-state index contributed by atoms with van der Waals surface area (Å²) in [7, 11) is 5.55. The lowest BCUT2D eigenvalue weighted by atomic mass is 9.91. The number of carbonyl (C=O) groups is 4. The largest absolute Gasteiger partial charge is 0.453 e. The van der Waals surface area contributed by atoms with Crippen LogP contribution < -0.4 is 10.6 Å². The molecule has 16 nitrogen and oxygen atoms in total. The molecular formula is C45H54N8O8. The Kier molecular flexibility index (Phi) is 12.0. The number of carbonyl (C=O) groups excluding carboxylic acids is 4. The highest BCUT2D eigenvalue weighted by molar-refractivity contribution is 6.05. The summed E-state index contributed by atoms with van der Waals surface area (Å²) in [6.07, 6.45) is 5.44. The Labute approximate surface area is 354 Å². The first-order valence-electron chi connectivity index (χ1n) is 21.0. The minimum atomic E-state index is -0.905. The second kappa shape index (κ2) is 17.5. The maximum Gasteiger partial charge on any atom is 0.407 e. The van der Waals surface area contributed by atoms with E-state index in [9.17, 15) is 19.2 Å². The Balaban J connectivity index is 1.04. The van der Waals surface area contributed by atoms with Gasteiger partial charge in [0.15, 0.2) is 0 Å². The maximum absolute atomic E-state index is 13.8. The third kappa shape index (κ3) is 7.89. The molecule has 2 saturated heterocycles. The van der Waals surface area contributed by atoms with Crippen LogP contribution in [0.15, 0.2) is 48.7 Å². The molecule has 0 radical (unpaired) electrons. The number of benzene rings is 3. The molecule has 0 bridgehead atoms. The van der Waals surface area contributed by atoms with Crippen molar-refractivity contribution in [2.75, 3.05) is 41.5 Å². The van der Waals surface area contributed by atoms with E-state index in [1.807, 2.05) is 12.3 Å². The van der Waals surface area contributed by atoms with Crippen LogP contribution in [0.4, 0.5) is 9.59 Å². The zero-order chi connectivity index (χ0) is 42.9. The highest BCUT2D eigenvalue weighted by Crippen LogP contribution is 2.41. The summed E-state index contributed by atoms with van der Waals surface area (Å²) in [5.74, 6) is 0.948. The topological polar surface area (TPSA) is 193 Å². The molecule has 3 aromatic carbocycles. The van der Waals surface area contributed by atoms with Crippen LogP contribution in [-0.2, 0) is 41.4 Å². The number of aromatic amines is 2. The van der Waals surface area contributed by atoms with Gasteiger partial charge in [0.1, 0.15) is 23.7 Å². The predicted molar refractivity (Wildman–Crippen MR) is 228 cm³/mol. The van der Waals surface area contributed by atoms with Crippen molar-refractivity contribution in [1.29, 1.82) is 0 Å². The van der Waals surface area contributed by atoms with Crippen LogP contribution in [0.1, 0.15) is 80.8 Å². The lowest BCUT2D eigenvalue weighted by Crippen LogP contribution is -2.54. The molecule has 322 valence electrons. The molecule has 6 atom stereocenters. The summed E-state index contributed by atoms with van der Waals surface area (Å²) >= 11 is 0. The van der Waals surface area contributed by atoms with E-state index < -0.39 is 36.5 Å². The Morgan fingerprint density at radius 3 is 1.92 bits per heavy atom. The van der Waals surface area contributed by atoms with E-state index in [1.165, 1.54) is 45.1 Å². The Hall–Kier alpha value is -6.00. The quantitative estimate of drug-likeness (QED) is 0.114. The van der Waals surface area contributed by atoms with Gasteiger partial charge in [-0.1, -0.05) is 30.3 Å². The Morgan fingerprint density at radius 1 is 0.721 bits per heavy atom. The lowest BCUT2D eigenvalue weighted by Gasteiger charge is -2.30. The van der Waals surface area contributed by atoms with E-state index in [2.05, 4.69) is 57.0 Å². The molecule has 5 aromatic rings. The van der Waals surface area contributed by atoms with Crippen molar-refractivity contribution in [1.82, 2.24) is 40.4 Å². The molecule has 2 aromatic heterocycles. The lowest BCUT2D eigenvalue weighted by molar-refractivity contribution is -0.138. The highest BCUT2D eigenvalue weighted by atomic mass is 16.5. The first-order valence-corrected chi connectivity index (χ1v) is 21.0. The van der Waals surface area contributed by atoms with Crippen LogP contribution in [0.2, 0.25) is 0 Å². The van der Waals surface area contributed by atoms with Gasteiger partial charge in [0.2, 0.25) is 11.8 Å². The fourth-order valence-corrected chi connectivity index (χ4v) is 9.41. The van der Waals surface area contributed by atoms with Crippen molar-refractivity contribution < 1.29 is 38.1 Å². The first-order chi connectivity index (χ1) is 29.5. The number of alkyl carbamates (subject to hydrolysis) is 2. The molecule has 61 heavy (non-hydrogen) atoms. The third-order valence-electron chi connectivity index (χ3n) is 12.8. The number of H-pyrrole nitrogens is 2. The summed E-state index contributed by atoms with van der Waals surface area (Å²) in [6, 6.07) is 12.7. The number of imidazole rings is 2. The monoisotopic (exact) mass is 834 g/mol. The smallest absolute Gasteiger partial charge is 0.407 e. The number of ether oxygens (including phenoxy) is 4. The van der Waals surface area contributed by atoms with Gasteiger partial charge in [0.05, 0.1) is 61.4 Å². The van der Waals surface area contributed by atoms with Crippen molar-refractivity contribution in [2.24, 2.45) is 0 Å². The van der Waals surface area contributed by atoms with Crippen molar-refractivity contribution in [3.8, 4) is 22.4 Å². The van der Waals surface area contributed by atoms with Crippen molar-refractivity contribution in [2.45, 2.75) is 95.2 Å². The number of nitrogens with zero attached hydrogens (tertiary/aromatic N) is 4. The second-order valence-corrected chi connectivity index (χ2v) is 16.2. The van der Waals surface area contributed by atoms with E-state index in [-0.39, 0.29) is 23.9 Å². The fraction of sp³-hybridized carbons (Fsp3) is 0.467. The standard InChI is InChI=1S/C45H54N8O8/c1-24(58-3)37(50-44(56)60-5)42(54)52-20-8-12-35(52)40-46-23-34(48-40)32-18-17-28(30-10-7-11-31(30)32)26-14-16-29-27(22-26)15-19-33-39(29)49-41(47-33)36-13-9-21-53(36)43(55)38(25(2)59-4)51-45(57)61-6/h14-19,22-25,35-38H,7-13,20-21H2,1-6H3,(H,46,48)(H,47,49)(H,50,56)(H,51,57). The van der Waals surface area contributed by atoms with E-state index in [4.69, 9.17) is 28.9 Å². The molecule has 4 N–H and O–H groups in total. The molecule has 1 aliphatic carbocycles. The second-order valence-electron chi connectivity index (χ2n) is 16.2. The fourth-order valence-electron chi connectivity index (χ4n) is 9.41. The normalized spacial score (nSPS) is 19.4. The summed E-state index contributed by atoms with van der Waals surface area (Å²) in [6.45, 7) is 4.58. The maximum atomic E-state index is 13.8. The number of aromatic nitrogens is 4. The summed E-state index contributed by atoms with van der Waals surface area (Å²) in [5.41, 5.74) is 8.71.